The van der Waals surface area contributed by atoms with Gasteiger partial charge in [0.25, 0.3) is 5.91 Å². The Bertz CT molecular complexity index is 544. The molecule has 120 valence electrons. The summed E-state index contributed by atoms with van der Waals surface area (Å²) in [6.45, 7) is 4.07. The molecule has 3 atom stereocenters. The van der Waals surface area contributed by atoms with Crippen LogP contribution >= 0.6 is 0 Å². The van der Waals surface area contributed by atoms with Gasteiger partial charge in [-0.15, -0.1) is 0 Å². The van der Waals surface area contributed by atoms with Gasteiger partial charge in [0.05, 0.1) is 0 Å². The number of carbonyl (C=O) groups excluding carboxylic acids is 2. The fraction of sp³-hybridized carbons (Fsp3) is 0.529. The fourth-order valence-corrected chi connectivity index (χ4v) is 2.46. The van der Waals surface area contributed by atoms with Crippen molar-refractivity contribution in [3.8, 4) is 0 Å². The summed E-state index contributed by atoms with van der Waals surface area (Å²) in [4.78, 5) is 24.2. The zero-order valence-electron chi connectivity index (χ0n) is 13.1. The highest BCUT2D eigenvalue weighted by molar-refractivity contribution is 5.98. The molecule has 0 heterocycles. The molecule has 0 aliphatic heterocycles. The number of aliphatic hydroxyl groups is 1. The van der Waals surface area contributed by atoms with Crippen LogP contribution in [0.25, 0.3) is 0 Å². The summed E-state index contributed by atoms with van der Waals surface area (Å²) >= 11 is 0. The van der Waals surface area contributed by atoms with Crippen LogP contribution in [0.5, 0.6) is 0 Å². The van der Waals surface area contributed by atoms with Gasteiger partial charge in [0.1, 0.15) is 0 Å². The van der Waals surface area contributed by atoms with E-state index in [-0.39, 0.29) is 30.4 Å². The minimum Gasteiger partial charge on any atom is -0.396 e. The SMILES string of the molecule is CCC(CCO)NC(=O)c1cccc(NC(=O)C2CC2C)c1. The first-order chi connectivity index (χ1) is 10.5. The van der Waals surface area contributed by atoms with E-state index in [0.29, 0.717) is 23.6 Å². The molecule has 5 nitrogen and oxygen atoms in total. The Morgan fingerprint density at radius 2 is 2.14 bits per heavy atom. The van der Waals surface area contributed by atoms with Gasteiger partial charge in [0.15, 0.2) is 0 Å². The third-order valence-electron chi connectivity index (χ3n) is 4.14. The van der Waals surface area contributed by atoms with Crippen LogP contribution in [-0.2, 0) is 4.79 Å². The number of benzene rings is 1. The molecule has 5 heteroatoms. The number of carbonyl (C=O) groups is 2. The molecule has 0 saturated heterocycles. The zero-order valence-corrected chi connectivity index (χ0v) is 13.1. The van der Waals surface area contributed by atoms with Crippen molar-refractivity contribution in [1.82, 2.24) is 5.32 Å². The smallest absolute Gasteiger partial charge is 0.251 e. The highest BCUT2D eigenvalue weighted by Gasteiger charge is 2.39. The molecule has 0 aromatic heterocycles. The van der Waals surface area contributed by atoms with Gasteiger partial charge in [-0.1, -0.05) is 19.9 Å². The molecule has 1 aromatic rings. The summed E-state index contributed by atoms with van der Waals surface area (Å²) in [6, 6.07) is 6.91. The number of hydrogen-bond donors (Lipinski definition) is 3. The number of aliphatic hydroxyl groups excluding tert-OH is 1. The van der Waals surface area contributed by atoms with Crippen molar-refractivity contribution in [2.75, 3.05) is 11.9 Å². The monoisotopic (exact) mass is 304 g/mol. The molecule has 2 rings (SSSR count). The second-order valence-corrected chi connectivity index (χ2v) is 5.98. The van der Waals surface area contributed by atoms with Gasteiger partial charge in [-0.25, -0.2) is 0 Å². The summed E-state index contributed by atoms with van der Waals surface area (Å²) in [5.74, 6) is 0.398. The Hall–Kier alpha value is -1.88. The molecule has 1 aromatic carbocycles. The minimum absolute atomic E-state index is 0.0248. The van der Waals surface area contributed by atoms with Crippen LogP contribution < -0.4 is 10.6 Å². The van der Waals surface area contributed by atoms with Gasteiger partial charge < -0.3 is 15.7 Å². The van der Waals surface area contributed by atoms with Crippen LogP contribution in [0.15, 0.2) is 24.3 Å². The molecule has 0 bridgehead atoms. The highest BCUT2D eigenvalue weighted by atomic mass is 16.3. The predicted octanol–water partition coefficient (Wildman–Crippen LogP) is 2.17. The molecule has 1 aliphatic rings. The van der Waals surface area contributed by atoms with Crippen molar-refractivity contribution in [2.45, 2.75) is 39.2 Å². The van der Waals surface area contributed by atoms with Crippen LogP contribution in [-0.4, -0.2) is 29.6 Å². The summed E-state index contributed by atoms with van der Waals surface area (Å²) in [5.41, 5.74) is 1.16. The van der Waals surface area contributed by atoms with E-state index in [1.807, 2.05) is 6.92 Å². The van der Waals surface area contributed by atoms with Crippen molar-refractivity contribution in [3.63, 3.8) is 0 Å². The number of anilines is 1. The highest BCUT2D eigenvalue weighted by Crippen LogP contribution is 2.38. The third kappa shape index (κ3) is 4.31. The predicted molar refractivity (Wildman–Crippen MR) is 85.6 cm³/mol. The lowest BCUT2D eigenvalue weighted by Crippen LogP contribution is -2.35. The van der Waals surface area contributed by atoms with E-state index in [2.05, 4.69) is 17.6 Å². The largest absolute Gasteiger partial charge is 0.396 e. The van der Waals surface area contributed by atoms with Crippen LogP contribution in [0, 0.1) is 11.8 Å². The maximum Gasteiger partial charge on any atom is 0.251 e. The van der Waals surface area contributed by atoms with E-state index in [0.717, 1.165) is 12.8 Å². The van der Waals surface area contributed by atoms with Crippen molar-refractivity contribution in [2.24, 2.45) is 11.8 Å². The molecule has 1 saturated carbocycles. The minimum atomic E-state index is -0.184. The average molecular weight is 304 g/mol. The zero-order chi connectivity index (χ0) is 16.1. The molecular formula is C17H24N2O3. The number of nitrogens with one attached hydrogen (secondary N) is 2. The lowest BCUT2D eigenvalue weighted by atomic mass is 10.1. The summed E-state index contributed by atoms with van der Waals surface area (Å²) in [6.07, 6.45) is 2.24. The van der Waals surface area contributed by atoms with Gasteiger partial charge >= 0.3 is 0 Å². The van der Waals surface area contributed by atoms with E-state index in [4.69, 9.17) is 5.11 Å². The third-order valence-corrected chi connectivity index (χ3v) is 4.14. The van der Waals surface area contributed by atoms with E-state index in [1.165, 1.54) is 0 Å². The maximum absolute atomic E-state index is 12.2. The van der Waals surface area contributed by atoms with Gasteiger partial charge in [0, 0.05) is 29.8 Å². The molecule has 2 amide bonds. The molecule has 3 N–H and O–H groups in total. The van der Waals surface area contributed by atoms with Crippen LogP contribution in [0.2, 0.25) is 0 Å². The molecule has 3 unspecified atom stereocenters. The van der Waals surface area contributed by atoms with Crippen LogP contribution in [0.3, 0.4) is 0 Å². The molecule has 0 spiro atoms. The first kappa shape index (κ1) is 16.5. The number of hydrogen-bond acceptors (Lipinski definition) is 3. The van der Waals surface area contributed by atoms with Crippen LogP contribution in [0.4, 0.5) is 5.69 Å². The maximum atomic E-state index is 12.2. The second kappa shape index (κ2) is 7.40. The lowest BCUT2D eigenvalue weighted by molar-refractivity contribution is -0.117. The Morgan fingerprint density at radius 3 is 2.73 bits per heavy atom. The van der Waals surface area contributed by atoms with Crippen molar-refractivity contribution < 1.29 is 14.7 Å². The molecule has 1 fully saturated rings. The molecule has 0 radical (unpaired) electrons. The quantitative estimate of drug-likeness (QED) is 0.722. The van der Waals surface area contributed by atoms with E-state index >= 15 is 0 Å². The topological polar surface area (TPSA) is 78.4 Å². The number of rotatable bonds is 7. The molecule has 22 heavy (non-hydrogen) atoms. The Balaban J connectivity index is 1.98. The summed E-state index contributed by atoms with van der Waals surface area (Å²) < 4.78 is 0. The number of amides is 2. The van der Waals surface area contributed by atoms with Gasteiger partial charge in [0.2, 0.25) is 5.91 Å². The van der Waals surface area contributed by atoms with Crippen molar-refractivity contribution >= 4 is 17.5 Å². The fourth-order valence-electron chi connectivity index (χ4n) is 2.46. The summed E-state index contributed by atoms with van der Waals surface area (Å²) in [5, 5.41) is 14.7. The molecule has 1 aliphatic carbocycles. The molecular weight excluding hydrogens is 280 g/mol. The first-order valence-electron chi connectivity index (χ1n) is 7.87. The standard InChI is InChI=1S/C17H24N2O3/c1-3-13(7-8-20)18-16(21)12-5-4-6-14(10-12)19-17(22)15-9-11(15)2/h4-6,10-11,13,15,20H,3,7-9H2,1-2H3,(H,18,21)(H,19,22). The summed E-state index contributed by atoms with van der Waals surface area (Å²) in [7, 11) is 0. The van der Waals surface area contributed by atoms with Crippen molar-refractivity contribution in [3.05, 3.63) is 29.8 Å². The normalized spacial score (nSPS) is 21.0. The lowest BCUT2D eigenvalue weighted by Gasteiger charge is -2.16. The van der Waals surface area contributed by atoms with Crippen LogP contribution in [0.1, 0.15) is 43.5 Å². The van der Waals surface area contributed by atoms with E-state index in [9.17, 15) is 9.59 Å². The van der Waals surface area contributed by atoms with E-state index in [1.54, 1.807) is 24.3 Å². The first-order valence-corrected chi connectivity index (χ1v) is 7.87. The van der Waals surface area contributed by atoms with Gasteiger partial charge in [-0.3, -0.25) is 9.59 Å². The Labute approximate surface area is 131 Å². The van der Waals surface area contributed by atoms with Gasteiger partial charge in [-0.05, 0) is 43.4 Å². The Morgan fingerprint density at radius 1 is 1.41 bits per heavy atom. The van der Waals surface area contributed by atoms with E-state index < -0.39 is 0 Å². The Kier molecular flexibility index (Phi) is 5.55. The average Bonchev–Trinajstić information content (AvgIpc) is 3.24. The van der Waals surface area contributed by atoms with Gasteiger partial charge in [-0.2, -0.15) is 0 Å². The second-order valence-electron chi connectivity index (χ2n) is 5.98. The van der Waals surface area contributed by atoms with Crippen molar-refractivity contribution in [1.29, 1.82) is 0 Å².